The molecule has 0 heterocycles. The third-order valence-electron chi connectivity index (χ3n) is 5.57. The van der Waals surface area contributed by atoms with Crippen LogP contribution < -0.4 is 9.47 Å². The summed E-state index contributed by atoms with van der Waals surface area (Å²) in [7, 11) is 3.33. The van der Waals surface area contributed by atoms with E-state index in [0.717, 1.165) is 33.8 Å². The molecule has 0 saturated heterocycles. The predicted octanol–water partition coefficient (Wildman–Crippen LogP) is 6.67. The van der Waals surface area contributed by atoms with E-state index in [9.17, 15) is 0 Å². The standard InChI is InChI=1S/C32H26O2/c1-33-29-19-13-25(14-20-29)17-23-31(27-9-5-3-6-10-27)32(28-11-7-4-8-12-28)24-18-26-15-21-30(34-2)22-16-26/h3-16,19-22,31-32H,1-2H3. The molecule has 2 atom stereocenters. The van der Waals surface area contributed by atoms with Gasteiger partial charge in [-0.05, 0) is 59.7 Å². The van der Waals surface area contributed by atoms with Crippen LogP contribution in [0.4, 0.5) is 0 Å². The average molecular weight is 443 g/mol. The second kappa shape index (κ2) is 11.5. The van der Waals surface area contributed by atoms with Gasteiger partial charge in [0.15, 0.2) is 0 Å². The van der Waals surface area contributed by atoms with Crippen molar-refractivity contribution in [2.45, 2.75) is 11.8 Å². The topological polar surface area (TPSA) is 18.5 Å². The molecule has 2 nitrogen and oxygen atoms in total. The first-order valence-corrected chi connectivity index (χ1v) is 11.2. The summed E-state index contributed by atoms with van der Waals surface area (Å²) in [5.41, 5.74) is 4.16. The lowest BCUT2D eigenvalue weighted by Gasteiger charge is -2.19. The van der Waals surface area contributed by atoms with Gasteiger partial charge in [0.05, 0.1) is 26.1 Å². The molecular weight excluding hydrogens is 416 g/mol. The van der Waals surface area contributed by atoms with Crippen LogP contribution in [0.15, 0.2) is 109 Å². The molecule has 0 spiro atoms. The fraction of sp³-hybridized carbons (Fsp3) is 0.125. The molecule has 0 bridgehead atoms. The van der Waals surface area contributed by atoms with Crippen molar-refractivity contribution >= 4 is 0 Å². The van der Waals surface area contributed by atoms with Gasteiger partial charge in [0, 0.05) is 11.1 Å². The van der Waals surface area contributed by atoms with Crippen molar-refractivity contribution in [1.29, 1.82) is 0 Å². The Hall–Kier alpha value is -4.40. The zero-order valence-electron chi connectivity index (χ0n) is 19.4. The Morgan fingerprint density at radius 3 is 1.15 bits per heavy atom. The molecule has 0 amide bonds. The molecule has 0 aliphatic rings. The van der Waals surface area contributed by atoms with E-state index in [1.54, 1.807) is 14.2 Å². The van der Waals surface area contributed by atoms with E-state index in [1.165, 1.54) is 0 Å². The molecule has 0 aliphatic carbocycles. The quantitative estimate of drug-likeness (QED) is 0.321. The van der Waals surface area contributed by atoms with Gasteiger partial charge in [-0.25, -0.2) is 0 Å². The number of hydrogen-bond donors (Lipinski definition) is 0. The SMILES string of the molecule is COc1ccc(C#CC(c2ccccc2)C(C#Cc2ccc(OC)cc2)c2ccccc2)cc1. The Bertz CT molecular complexity index is 1190. The van der Waals surface area contributed by atoms with Crippen LogP contribution in [-0.4, -0.2) is 14.2 Å². The van der Waals surface area contributed by atoms with E-state index >= 15 is 0 Å². The minimum atomic E-state index is -0.101. The van der Waals surface area contributed by atoms with Crippen molar-refractivity contribution < 1.29 is 9.47 Å². The monoisotopic (exact) mass is 442 g/mol. The van der Waals surface area contributed by atoms with Gasteiger partial charge in [0.2, 0.25) is 0 Å². The van der Waals surface area contributed by atoms with Gasteiger partial charge in [0.25, 0.3) is 0 Å². The Morgan fingerprint density at radius 1 is 0.471 bits per heavy atom. The van der Waals surface area contributed by atoms with Gasteiger partial charge >= 0.3 is 0 Å². The molecule has 166 valence electrons. The molecule has 4 rings (SSSR count). The second-order valence-electron chi connectivity index (χ2n) is 7.77. The highest BCUT2D eigenvalue weighted by Gasteiger charge is 2.21. The van der Waals surface area contributed by atoms with Crippen LogP contribution in [0.25, 0.3) is 0 Å². The van der Waals surface area contributed by atoms with Crippen molar-refractivity contribution in [3.8, 4) is 35.2 Å². The molecule has 4 aromatic carbocycles. The fourth-order valence-electron chi connectivity index (χ4n) is 3.71. The second-order valence-corrected chi connectivity index (χ2v) is 7.77. The lowest BCUT2D eigenvalue weighted by molar-refractivity contribution is 0.414. The average Bonchev–Trinajstić information content (AvgIpc) is 2.92. The van der Waals surface area contributed by atoms with E-state index in [-0.39, 0.29) is 11.8 Å². The molecule has 0 fully saturated rings. The van der Waals surface area contributed by atoms with Gasteiger partial charge in [-0.3, -0.25) is 0 Å². The third-order valence-corrected chi connectivity index (χ3v) is 5.57. The minimum absolute atomic E-state index is 0.101. The minimum Gasteiger partial charge on any atom is -0.497 e. The van der Waals surface area contributed by atoms with Crippen LogP contribution in [0.2, 0.25) is 0 Å². The Morgan fingerprint density at radius 2 is 0.824 bits per heavy atom. The van der Waals surface area contributed by atoms with Crippen molar-refractivity contribution in [1.82, 2.24) is 0 Å². The van der Waals surface area contributed by atoms with E-state index in [4.69, 9.17) is 9.47 Å². The fourth-order valence-corrected chi connectivity index (χ4v) is 3.71. The molecule has 2 unspecified atom stereocenters. The van der Waals surface area contributed by atoms with Crippen molar-refractivity contribution in [3.63, 3.8) is 0 Å². The van der Waals surface area contributed by atoms with Crippen LogP contribution in [-0.2, 0) is 0 Å². The van der Waals surface area contributed by atoms with Gasteiger partial charge < -0.3 is 9.47 Å². The zero-order valence-corrected chi connectivity index (χ0v) is 19.4. The van der Waals surface area contributed by atoms with Gasteiger partial charge in [-0.2, -0.15) is 0 Å². The van der Waals surface area contributed by atoms with E-state index in [2.05, 4.69) is 72.2 Å². The number of hydrogen-bond acceptors (Lipinski definition) is 2. The number of rotatable bonds is 5. The Labute approximate surface area is 202 Å². The summed E-state index contributed by atoms with van der Waals surface area (Å²) in [6.45, 7) is 0. The van der Waals surface area contributed by atoms with Gasteiger partial charge in [0.1, 0.15) is 11.5 Å². The van der Waals surface area contributed by atoms with Crippen LogP contribution >= 0.6 is 0 Å². The highest BCUT2D eigenvalue weighted by molar-refractivity contribution is 5.47. The van der Waals surface area contributed by atoms with Crippen molar-refractivity contribution in [2.75, 3.05) is 14.2 Å². The van der Waals surface area contributed by atoms with Crippen molar-refractivity contribution in [3.05, 3.63) is 131 Å². The van der Waals surface area contributed by atoms with Crippen molar-refractivity contribution in [2.24, 2.45) is 0 Å². The number of methoxy groups -OCH3 is 2. The van der Waals surface area contributed by atoms with Crippen LogP contribution in [0, 0.1) is 23.7 Å². The van der Waals surface area contributed by atoms with Crippen LogP contribution in [0.5, 0.6) is 11.5 Å². The first-order valence-electron chi connectivity index (χ1n) is 11.2. The third kappa shape index (κ3) is 5.89. The molecule has 0 aliphatic heterocycles. The van der Waals surface area contributed by atoms with E-state index in [0.29, 0.717) is 0 Å². The van der Waals surface area contributed by atoms with Crippen LogP contribution in [0.3, 0.4) is 0 Å². The Kier molecular flexibility index (Phi) is 7.68. The smallest absolute Gasteiger partial charge is 0.118 e. The number of ether oxygens (including phenoxy) is 2. The van der Waals surface area contributed by atoms with E-state index in [1.807, 2.05) is 60.7 Å². The highest BCUT2D eigenvalue weighted by Crippen LogP contribution is 2.32. The first-order chi connectivity index (χ1) is 16.8. The summed E-state index contributed by atoms with van der Waals surface area (Å²) in [5.74, 6) is 15.2. The maximum Gasteiger partial charge on any atom is 0.118 e. The molecule has 34 heavy (non-hydrogen) atoms. The summed E-state index contributed by atoms with van der Waals surface area (Å²) in [6, 6.07) is 36.4. The first kappa shape index (κ1) is 22.8. The summed E-state index contributed by atoms with van der Waals surface area (Å²) < 4.78 is 10.5. The number of benzene rings is 4. The summed E-state index contributed by atoms with van der Waals surface area (Å²) in [6.07, 6.45) is 0. The molecule has 2 heteroatoms. The molecular formula is C32H26O2. The molecule has 0 radical (unpaired) electrons. The maximum atomic E-state index is 5.27. The molecule has 0 N–H and O–H groups in total. The van der Waals surface area contributed by atoms with Crippen LogP contribution in [0.1, 0.15) is 34.1 Å². The lowest BCUT2D eigenvalue weighted by Crippen LogP contribution is -2.09. The normalized spacial score (nSPS) is 11.7. The summed E-state index contributed by atoms with van der Waals surface area (Å²) >= 11 is 0. The van der Waals surface area contributed by atoms with E-state index < -0.39 is 0 Å². The zero-order chi connectivity index (χ0) is 23.6. The Balaban J connectivity index is 1.77. The molecule has 0 aromatic heterocycles. The highest BCUT2D eigenvalue weighted by atomic mass is 16.5. The largest absolute Gasteiger partial charge is 0.497 e. The lowest BCUT2D eigenvalue weighted by atomic mass is 9.82. The summed E-state index contributed by atoms with van der Waals surface area (Å²) in [4.78, 5) is 0. The maximum absolute atomic E-state index is 5.27. The van der Waals surface area contributed by atoms with Gasteiger partial charge in [-0.1, -0.05) is 84.3 Å². The summed E-state index contributed by atoms with van der Waals surface area (Å²) in [5, 5.41) is 0. The molecule has 0 saturated carbocycles. The molecule has 4 aromatic rings. The predicted molar refractivity (Wildman–Crippen MR) is 138 cm³/mol. The van der Waals surface area contributed by atoms with Gasteiger partial charge in [-0.15, -0.1) is 0 Å².